The van der Waals surface area contributed by atoms with E-state index in [-0.39, 0.29) is 19.2 Å². The van der Waals surface area contributed by atoms with Crippen LogP contribution in [0.25, 0.3) is 0 Å². The normalized spacial score (nSPS) is 12.7. The maximum Gasteiger partial charge on any atom is 0.410 e. The van der Waals surface area contributed by atoms with Crippen LogP contribution in [0.5, 0.6) is 6.01 Å². The first-order chi connectivity index (χ1) is 18.6. The fourth-order valence-corrected chi connectivity index (χ4v) is 4.09. The molecule has 0 spiro atoms. The highest BCUT2D eigenvalue weighted by molar-refractivity contribution is 5.69. The van der Waals surface area contributed by atoms with Crippen molar-refractivity contribution >= 4 is 18.0 Å². The van der Waals surface area contributed by atoms with Crippen molar-refractivity contribution in [2.24, 2.45) is 0 Å². The minimum Gasteiger partial charge on any atom is -0.467 e. The lowest BCUT2D eigenvalue weighted by atomic mass is 10.0. The SMILES string of the molecule is COc1nc2c(c(N(CCCC#N)CCN(C)C(=O)OCc3ccccc3)n1)CCN(C(=O)OC(C)(C)C)C2. The van der Waals surface area contributed by atoms with E-state index >= 15 is 0 Å². The third-order valence-corrected chi connectivity index (χ3v) is 6.10. The number of rotatable bonds is 10. The van der Waals surface area contributed by atoms with Crippen molar-refractivity contribution in [1.82, 2.24) is 19.8 Å². The van der Waals surface area contributed by atoms with Crippen LogP contribution in [0.3, 0.4) is 0 Å². The number of methoxy groups -OCH3 is 1. The first-order valence-electron chi connectivity index (χ1n) is 13.1. The van der Waals surface area contributed by atoms with E-state index in [4.69, 9.17) is 19.5 Å². The zero-order valence-corrected chi connectivity index (χ0v) is 23.5. The molecular weight excluding hydrogens is 500 g/mol. The van der Waals surface area contributed by atoms with Gasteiger partial charge in [-0.05, 0) is 39.2 Å². The monoisotopic (exact) mass is 538 g/mol. The minimum atomic E-state index is -0.600. The maximum atomic E-state index is 12.7. The summed E-state index contributed by atoms with van der Waals surface area (Å²) < 4.78 is 16.4. The molecule has 0 N–H and O–H groups in total. The standard InChI is InChI=1S/C28H38N6O5/c1-28(2,3)39-27(36)34-16-13-22-23(19-34)30-25(37-5)31-24(22)33(15-10-9-14-29)18-17-32(4)26(35)38-20-21-11-7-6-8-12-21/h6-8,11-12H,9-10,13,15-20H2,1-5H3. The highest BCUT2D eigenvalue weighted by atomic mass is 16.6. The van der Waals surface area contributed by atoms with E-state index in [1.54, 1.807) is 11.9 Å². The quantitative estimate of drug-likeness (QED) is 0.411. The van der Waals surface area contributed by atoms with Crippen LogP contribution in [0, 0.1) is 11.3 Å². The van der Waals surface area contributed by atoms with Gasteiger partial charge in [0.2, 0.25) is 0 Å². The highest BCUT2D eigenvalue weighted by Crippen LogP contribution is 2.29. The summed E-state index contributed by atoms with van der Waals surface area (Å²) >= 11 is 0. The number of hydrogen-bond donors (Lipinski definition) is 0. The molecule has 1 aliphatic heterocycles. The summed E-state index contributed by atoms with van der Waals surface area (Å²) in [5.41, 5.74) is 1.92. The third kappa shape index (κ3) is 8.74. The predicted octanol–water partition coefficient (Wildman–Crippen LogP) is 4.16. The van der Waals surface area contributed by atoms with Crippen LogP contribution < -0.4 is 9.64 Å². The number of nitrogens with zero attached hydrogens (tertiary/aromatic N) is 6. The molecule has 39 heavy (non-hydrogen) atoms. The van der Waals surface area contributed by atoms with Gasteiger partial charge in [0.05, 0.1) is 25.4 Å². The van der Waals surface area contributed by atoms with Crippen molar-refractivity contribution in [2.75, 3.05) is 45.2 Å². The van der Waals surface area contributed by atoms with Crippen molar-refractivity contribution in [2.45, 2.75) is 58.8 Å². The van der Waals surface area contributed by atoms with Crippen LogP contribution in [0.2, 0.25) is 0 Å². The molecule has 11 nitrogen and oxygen atoms in total. The molecule has 0 atom stereocenters. The molecule has 0 saturated carbocycles. The molecular formula is C28H38N6O5. The summed E-state index contributed by atoms with van der Waals surface area (Å²) in [4.78, 5) is 39.7. The summed E-state index contributed by atoms with van der Waals surface area (Å²) in [7, 11) is 3.19. The number of benzene rings is 1. The number of unbranched alkanes of at least 4 members (excludes halogenated alkanes) is 1. The molecule has 11 heteroatoms. The second-order valence-electron chi connectivity index (χ2n) is 10.3. The fraction of sp³-hybridized carbons (Fsp3) is 0.536. The summed E-state index contributed by atoms with van der Waals surface area (Å²) in [6.07, 6.45) is 0.740. The molecule has 0 unspecified atom stereocenters. The number of hydrogen-bond acceptors (Lipinski definition) is 9. The first kappa shape index (κ1) is 29.5. The Kier molecular flexibility index (Phi) is 10.3. The summed E-state index contributed by atoms with van der Waals surface area (Å²) in [5, 5.41) is 9.10. The molecule has 0 saturated heterocycles. The van der Waals surface area contributed by atoms with Gasteiger partial charge in [0.25, 0.3) is 0 Å². The molecule has 0 fully saturated rings. The maximum absolute atomic E-state index is 12.7. The van der Waals surface area contributed by atoms with Gasteiger partial charge in [-0.15, -0.1) is 0 Å². The summed E-state index contributed by atoms with van der Waals surface area (Å²) in [6.45, 7) is 7.83. The average Bonchev–Trinajstić information content (AvgIpc) is 2.92. The number of amides is 2. The van der Waals surface area contributed by atoms with Crippen LogP contribution >= 0.6 is 0 Å². The Labute approximate surface area is 230 Å². The van der Waals surface area contributed by atoms with Gasteiger partial charge in [0.15, 0.2) is 0 Å². The lowest BCUT2D eigenvalue weighted by Crippen LogP contribution is -2.42. The number of anilines is 1. The van der Waals surface area contributed by atoms with Crippen molar-refractivity contribution in [3.8, 4) is 12.1 Å². The van der Waals surface area contributed by atoms with Crippen LogP contribution in [-0.4, -0.2) is 77.9 Å². The predicted molar refractivity (Wildman–Crippen MR) is 145 cm³/mol. The smallest absolute Gasteiger partial charge is 0.410 e. The average molecular weight is 539 g/mol. The zero-order chi connectivity index (χ0) is 28.4. The van der Waals surface area contributed by atoms with Crippen molar-refractivity contribution in [3.05, 3.63) is 47.2 Å². The van der Waals surface area contributed by atoms with E-state index in [1.807, 2.05) is 56.0 Å². The lowest BCUT2D eigenvalue weighted by Gasteiger charge is -2.34. The summed E-state index contributed by atoms with van der Waals surface area (Å²) in [6, 6.07) is 11.9. The van der Waals surface area contributed by atoms with E-state index in [2.05, 4.69) is 16.0 Å². The van der Waals surface area contributed by atoms with Crippen LogP contribution in [0.4, 0.5) is 15.4 Å². The zero-order valence-electron chi connectivity index (χ0n) is 23.5. The number of ether oxygens (including phenoxy) is 3. The number of nitriles is 1. The van der Waals surface area contributed by atoms with Crippen LogP contribution in [0.15, 0.2) is 30.3 Å². The molecule has 2 aromatic rings. The minimum absolute atomic E-state index is 0.190. The second kappa shape index (κ2) is 13.6. The molecule has 1 aromatic carbocycles. The fourth-order valence-electron chi connectivity index (χ4n) is 4.09. The number of likely N-dealkylation sites (N-methyl/N-ethyl adjacent to an activating group) is 1. The third-order valence-electron chi connectivity index (χ3n) is 6.10. The number of fused-ring (bicyclic) bond motifs is 1. The van der Waals surface area contributed by atoms with E-state index in [0.29, 0.717) is 57.0 Å². The van der Waals surface area contributed by atoms with Crippen LogP contribution in [-0.2, 0) is 29.0 Å². The molecule has 210 valence electrons. The van der Waals surface area contributed by atoms with E-state index in [1.165, 1.54) is 12.0 Å². The Balaban J connectivity index is 1.75. The molecule has 0 radical (unpaired) electrons. The van der Waals surface area contributed by atoms with Gasteiger partial charge in [-0.3, -0.25) is 0 Å². The number of carbonyl (C=O) groups is 2. The summed E-state index contributed by atoms with van der Waals surface area (Å²) in [5.74, 6) is 0.685. The lowest BCUT2D eigenvalue weighted by molar-refractivity contribution is 0.0220. The largest absolute Gasteiger partial charge is 0.467 e. The molecule has 0 bridgehead atoms. The van der Waals surface area contributed by atoms with E-state index in [9.17, 15) is 9.59 Å². The van der Waals surface area contributed by atoms with Crippen molar-refractivity contribution in [3.63, 3.8) is 0 Å². The van der Waals surface area contributed by atoms with E-state index < -0.39 is 17.8 Å². The van der Waals surface area contributed by atoms with Gasteiger partial charge in [-0.25, -0.2) is 9.59 Å². The molecule has 0 aliphatic carbocycles. The van der Waals surface area contributed by atoms with Gasteiger partial charge in [0.1, 0.15) is 18.0 Å². The van der Waals surface area contributed by atoms with Gasteiger partial charge in [0, 0.05) is 45.2 Å². The van der Waals surface area contributed by atoms with Gasteiger partial charge in [-0.1, -0.05) is 30.3 Å². The Bertz CT molecular complexity index is 1160. The molecule has 2 amide bonds. The molecule has 3 rings (SSSR count). The number of carbonyl (C=O) groups excluding carboxylic acids is 2. The molecule has 2 heterocycles. The van der Waals surface area contributed by atoms with Crippen molar-refractivity contribution in [1.29, 1.82) is 5.26 Å². The van der Waals surface area contributed by atoms with Gasteiger partial charge >= 0.3 is 18.2 Å². The van der Waals surface area contributed by atoms with Crippen molar-refractivity contribution < 1.29 is 23.8 Å². The topological polar surface area (TPSA) is 121 Å². The number of aromatic nitrogens is 2. The molecule has 1 aromatic heterocycles. The Morgan fingerprint density at radius 2 is 1.87 bits per heavy atom. The van der Waals surface area contributed by atoms with Gasteiger partial charge < -0.3 is 28.9 Å². The second-order valence-corrected chi connectivity index (χ2v) is 10.3. The molecule has 1 aliphatic rings. The Morgan fingerprint density at radius 3 is 2.54 bits per heavy atom. The first-order valence-corrected chi connectivity index (χ1v) is 13.1. The van der Waals surface area contributed by atoms with Crippen LogP contribution in [0.1, 0.15) is 50.4 Å². The Morgan fingerprint density at radius 1 is 1.13 bits per heavy atom. The highest BCUT2D eigenvalue weighted by Gasteiger charge is 2.30. The van der Waals surface area contributed by atoms with Gasteiger partial charge in [-0.2, -0.15) is 15.2 Å². The Hall–Kier alpha value is -4.07. The van der Waals surface area contributed by atoms with E-state index in [0.717, 1.165) is 11.1 Å².